The Bertz CT molecular complexity index is 596. The molecule has 0 bridgehead atoms. The Kier molecular flexibility index (Phi) is 4.45. The van der Waals surface area contributed by atoms with Gasteiger partial charge in [-0.1, -0.05) is 36.7 Å². The highest BCUT2D eigenvalue weighted by molar-refractivity contribution is 7.21. The van der Waals surface area contributed by atoms with E-state index in [2.05, 4.69) is 5.32 Å². The van der Waals surface area contributed by atoms with Crippen LogP contribution in [0, 0.1) is 5.92 Å². The normalized spacial score (nSPS) is 14.3. The first kappa shape index (κ1) is 14.3. The maximum Gasteiger partial charge on any atom is 0.263 e. The van der Waals surface area contributed by atoms with E-state index in [0.717, 1.165) is 10.1 Å². The number of aliphatic hydroxyl groups excluding tert-OH is 1. The predicted molar refractivity (Wildman–Crippen MR) is 80.0 cm³/mol. The van der Waals surface area contributed by atoms with Crippen molar-refractivity contribution >= 4 is 38.9 Å². The van der Waals surface area contributed by atoms with Gasteiger partial charge in [-0.15, -0.1) is 11.3 Å². The fourth-order valence-corrected chi connectivity index (χ4v) is 3.15. The van der Waals surface area contributed by atoms with Crippen molar-refractivity contribution in [2.75, 3.05) is 6.61 Å². The van der Waals surface area contributed by atoms with Crippen LogP contribution in [0.1, 0.15) is 23.5 Å². The average Bonchev–Trinajstić information content (AvgIpc) is 2.75. The highest BCUT2D eigenvalue weighted by atomic mass is 35.5. The number of benzene rings is 1. The van der Waals surface area contributed by atoms with Gasteiger partial charge in [-0.2, -0.15) is 0 Å². The average molecular weight is 298 g/mol. The Labute approximate surface area is 121 Å². The molecule has 19 heavy (non-hydrogen) atoms. The van der Waals surface area contributed by atoms with Gasteiger partial charge in [0, 0.05) is 22.7 Å². The van der Waals surface area contributed by atoms with Crippen molar-refractivity contribution in [3.05, 3.63) is 34.2 Å². The topological polar surface area (TPSA) is 49.3 Å². The van der Waals surface area contributed by atoms with Crippen LogP contribution in [-0.2, 0) is 0 Å². The van der Waals surface area contributed by atoms with Crippen molar-refractivity contribution in [1.82, 2.24) is 5.32 Å². The molecule has 1 amide bonds. The number of halogens is 1. The zero-order chi connectivity index (χ0) is 14.0. The first-order valence-electron chi connectivity index (χ1n) is 6.13. The summed E-state index contributed by atoms with van der Waals surface area (Å²) < 4.78 is 1.00. The quantitative estimate of drug-likeness (QED) is 0.909. The van der Waals surface area contributed by atoms with Crippen LogP contribution in [0.2, 0.25) is 5.02 Å². The lowest BCUT2D eigenvalue weighted by Gasteiger charge is -2.18. The maximum atomic E-state index is 12.2. The number of hydrogen-bond acceptors (Lipinski definition) is 3. The van der Waals surface area contributed by atoms with Crippen LogP contribution >= 0.6 is 22.9 Å². The van der Waals surface area contributed by atoms with Gasteiger partial charge in [-0.25, -0.2) is 0 Å². The fourth-order valence-electron chi connectivity index (χ4n) is 1.73. The largest absolute Gasteiger partial charge is 0.396 e. The Morgan fingerprint density at radius 2 is 2.11 bits per heavy atom. The van der Waals surface area contributed by atoms with Gasteiger partial charge < -0.3 is 10.4 Å². The van der Waals surface area contributed by atoms with Crippen LogP contribution in [0.15, 0.2) is 24.3 Å². The second-order valence-corrected chi connectivity index (χ2v) is 6.09. The molecular formula is C14H16ClNO2S. The molecule has 0 saturated carbocycles. The van der Waals surface area contributed by atoms with E-state index >= 15 is 0 Å². The molecule has 0 aliphatic carbocycles. The summed E-state index contributed by atoms with van der Waals surface area (Å²) >= 11 is 7.64. The lowest BCUT2D eigenvalue weighted by atomic mass is 10.1. The van der Waals surface area contributed by atoms with Crippen molar-refractivity contribution in [1.29, 1.82) is 0 Å². The summed E-state index contributed by atoms with van der Waals surface area (Å²) in [6, 6.07) is 7.58. The third-order valence-corrected chi connectivity index (χ3v) is 4.92. The Morgan fingerprint density at radius 1 is 1.42 bits per heavy atom. The van der Waals surface area contributed by atoms with Gasteiger partial charge in [0.05, 0.1) is 5.02 Å². The maximum absolute atomic E-state index is 12.2. The van der Waals surface area contributed by atoms with Crippen LogP contribution in [0.25, 0.3) is 10.1 Å². The number of fused-ring (bicyclic) bond motifs is 1. The van der Waals surface area contributed by atoms with Crippen molar-refractivity contribution in [2.24, 2.45) is 5.92 Å². The molecule has 102 valence electrons. The number of hydrogen-bond donors (Lipinski definition) is 2. The summed E-state index contributed by atoms with van der Waals surface area (Å²) in [6.07, 6.45) is 0. The Balaban J connectivity index is 2.24. The van der Waals surface area contributed by atoms with Crippen LogP contribution < -0.4 is 5.32 Å². The number of rotatable bonds is 4. The van der Waals surface area contributed by atoms with E-state index in [-0.39, 0.29) is 24.5 Å². The summed E-state index contributed by atoms with van der Waals surface area (Å²) in [5.74, 6) is -0.170. The minimum atomic E-state index is -0.181. The van der Waals surface area contributed by atoms with Gasteiger partial charge >= 0.3 is 0 Å². The molecule has 2 atom stereocenters. The predicted octanol–water partition coefficient (Wildman–Crippen LogP) is 3.30. The zero-order valence-corrected chi connectivity index (χ0v) is 12.4. The SMILES string of the molecule is C[C@H](CO)[C@@H](C)NC(=O)c1sc2ccccc2c1Cl. The molecular weight excluding hydrogens is 282 g/mol. The van der Waals surface area contributed by atoms with E-state index in [1.807, 2.05) is 38.1 Å². The molecule has 0 radical (unpaired) electrons. The minimum absolute atomic E-state index is 0.0112. The van der Waals surface area contributed by atoms with Gasteiger partial charge in [0.2, 0.25) is 0 Å². The van der Waals surface area contributed by atoms with E-state index in [1.165, 1.54) is 11.3 Å². The van der Waals surface area contributed by atoms with E-state index in [0.29, 0.717) is 9.90 Å². The smallest absolute Gasteiger partial charge is 0.263 e. The summed E-state index contributed by atoms with van der Waals surface area (Å²) in [7, 11) is 0. The number of aliphatic hydroxyl groups is 1. The van der Waals surface area contributed by atoms with Gasteiger partial charge in [-0.05, 0) is 18.9 Å². The molecule has 0 spiro atoms. The molecule has 2 rings (SSSR count). The summed E-state index contributed by atoms with van der Waals surface area (Å²) in [5, 5.41) is 13.4. The number of amides is 1. The second kappa shape index (κ2) is 5.90. The Morgan fingerprint density at radius 3 is 2.74 bits per heavy atom. The van der Waals surface area contributed by atoms with E-state index in [4.69, 9.17) is 16.7 Å². The summed E-state index contributed by atoms with van der Waals surface area (Å²) in [6.45, 7) is 3.80. The number of thiophene rings is 1. The highest BCUT2D eigenvalue weighted by Crippen LogP contribution is 2.35. The number of carbonyl (C=O) groups is 1. The third-order valence-electron chi connectivity index (χ3n) is 3.24. The zero-order valence-electron chi connectivity index (χ0n) is 10.8. The molecule has 0 aliphatic rings. The van der Waals surface area contributed by atoms with Crippen LogP contribution in [0.4, 0.5) is 0 Å². The van der Waals surface area contributed by atoms with Crippen LogP contribution in [0.5, 0.6) is 0 Å². The number of carbonyl (C=O) groups excluding carboxylic acids is 1. The first-order chi connectivity index (χ1) is 9.04. The molecule has 3 nitrogen and oxygen atoms in total. The molecule has 0 unspecified atom stereocenters. The molecule has 5 heteroatoms. The molecule has 1 heterocycles. The van der Waals surface area contributed by atoms with E-state index in [9.17, 15) is 4.79 Å². The lowest BCUT2D eigenvalue weighted by molar-refractivity contribution is 0.0920. The van der Waals surface area contributed by atoms with Crippen molar-refractivity contribution in [2.45, 2.75) is 19.9 Å². The second-order valence-electron chi connectivity index (χ2n) is 4.66. The van der Waals surface area contributed by atoms with Crippen molar-refractivity contribution in [3.63, 3.8) is 0 Å². The van der Waals surface area contributed by atoms with Gasteiger partial charge in [0.1, 0.15) is 4.88 Å². The van der Waals surface area contributed by atoms with Gasteiger partial charge in [0.25, 0.3) is 5.91 Å². The van der Waals surface area contributed by atoms with E-state index < -0.39 is 0 Å². The third kappa shape index (κ3) is 2.91. The van der Waals surface area contributed by atoms with Crippen LogP contribution in [0.3, 0.4) is 0 Å². The van der Waals surface area contributed by atoms with Gasteiger partial charge in [-0.3, -0.25) is 4.79 Å². The first-order valence-corrected chi connectivity index (χ1v) is 7.32. The minimum Gasteiger partial charge on any atom is -0.396 e. The molecule has 0 saturated heterocycles. The van der Waals surface area contributed by atoms with Crippen molar-refractivity contribution < 1.29 is 9.90 Å². The molecule has 1 aromatic carbocycles. The Hall–Kier alpha value is -1.10. The van der Waals surface area contributed by atoms with E-state index in [1.54, 1.807) is 0 Å². The van der Waals surface area contributed by atoms with Crippen molar-refractivity contribution in [3.8, 4) is 0 Å². The molecule has 0 fully saturated rings. The van der Waals surface area contributed by atoms with Crippen LogP contribution in [-0.4, -0.2) is 23.7 Å². The standard InChI is InChI=1S/C14H16ClNO2S/c1-8(7-17)9(2)16-14(18)13-12(15)10-5-3-4-6-11(10)19-13/h3-6,8-9,17H,7H2,1-2H3,(H,16,18)/t8-,9-/m1/s1. The monoisotopic (exact) mass is 297 g/mol. The molecule has 1 aromatic heterocycles. The highest BCUT2D eigenvalue weighted by Gasteiger charge is 2.20. The fraction of sp³-hybridized carbons (Fsp3) is 0.357. The van der Waals surface area contributed by atoms with Gasteiger partial charge in [0.15, 0.2) is 0 Å². The molecule has 0 aliphatic heterocycles. The molecule has 2 N–H and O–H groups in total. The number of nitrogens with one attached hydrogen (secondary N) is 1. The summed E-state index contributed by atoms with van der Waals surface area (Å²) in [4.78, 5) is 12.7. The lowest BCUT2D eigenvalue weighted by Crippen LogP contribution is -2.38. The summed E-state index contributed by atoms with van der Waals surface area (Å²) in [5.41, 5.74) is 0. The molecule has 2 aromatic rings.